The van der Waals surface area contributed by atoms with E-state index in [1.54, 1.807) is 0 Å². The fraction of sp³-hybridized carbons (Fsp3) is 1.00. The van der Waals surface area contributed by atoms with E-state index < -0.39 is 22.6 Å². The summed E-state index contributed by atoms with van der Waals surface area (Å²) in [6.45, 7) is 0. The number of rotatable bonds is 1. The lowest BCUT2D eigenvalue weighted by Crippen LogP contribution is -2.59. The van der Waals surface area contributed by atoms with Gasteiger partial charge in [-0.2, -0.15) is 13.2 Å². The third kappa shape index (κ3) is 1.78. The Bertz CT molecular complexity index is 331. The Morgan fingerprint density at radius 2 is 1.44 bits per heavy atom. The average Bonchev–Trinajstić information content (AvgIpc) is 2.11. The molecule has 0 N–H and O–H groups in total. The molecule has 0 spiro atoms. The number of alkyl halides is 3. The maximum absolute atomic E-state index is 13.4. The van der Waals surface area contributed by atoms with Crippen LogP contribution in [0.4, 0.5) is 13.2 Å². The van der Waals surface area contributed by atoms with Crippen LogP contribution < -0.4 is 0 Å². The van der Waals surface area contributed by atoms with Crippen molar-refractivity contribution >= 4 is 39.2 Å². The molecule has 0 aliphatic heterocycles. The van der Waals surface area contributed by atoms with Gasteiger partial charge in [0.1, 0.15) is 0 Å². The predicted molar refractivity (Wildman–Crippen MR) is 69.2 cm³/mol. The molecule has 0 heterocycles. The van der Waals surface area contributed by atoms with E-state index in [0.717, 1.165) is 6.42 Å². The van der Waals surface area contributed by atoms with Crippen LogP contribution in [0.2, 0.25) is 5.04 Å². The highest BCUT2D eigenvalue weighted by atomic mass is 35.8. The molecule has 4 bridgehead atoms. The minimum absolute atomic E-state index is 0.0548. The Morgan fingerprint density at radius 1 is 0.944 bits per heavy atom. The first kappa shape index (κ1) is 13.8. The van der Waals surface area contributed by atoms with Crippen molar-refractivity contribution in [1.29, 1.82) is 0 Å². The molecule has 0 aromatic rings. The van der Waals surface area contributed by atoms with Gasteiger partial charge in [0.05, 0.1) is 5.41 Å². The van der Waals surface area contributed by atoms with E-state index >= 15 is 0 Å². The van der Waals surface area contributed by atoms with Gasteiger partial charge >= 0.3 is 12.2 Å². The second-order valence-electron chi connectivity index (χ2n) is 6.52. The zero-order valence-corrected chi connectivity index (χ0v) is 12.9. The fourth-order valence-corrected chi connectivity index (χ4v) is 8.50. The maximum atomic E-state index is 13.4. The molecule has 18 heavy (non-hydrogen) atoms. The summed E-state index contributed by atoms with van der Waals surface area (Å²) < 4.78 is 40.3. The highest BCUT2D eigenvalue weighted by Gasteiger charge is 2.71. The van der Waals surface area contributed by atoms with Crippen molar-refractivity contribution in [3.8, 4) is 0 Å². The van der Waals surface area contributed by atoms with Gasteiger partial charge in [0.2, 0.25) is 0 Å². The summed E-state index contributed by atoms with van der Waals surface area (Å²) in [5, 5.41) is -0.628. The summed E-state index contributed by atoms with van der Waals surface area (Å²) in [4.78, 5) is 0. The van der Waals surface area contributed by atoms with Crippen molar-refractivity contribution in [2.24, 2.45) is 17.3 Å². The fourth-order valence-electron chi connectivity index (χ4n) is 4.93. The molecular formula is C11H14Cl3F3Si. The van der Waals surface area contributed by atoms with Crippen LogP contribution in [0, 0.1) is 17.3 Å². The Kier molecular flexibility index (Phi) is 2.88. The molecule has 0 aromatic heterocycles. The van der Waals surface area contributed by atoms with Crippen molar-refractivity contribution in [2.75, 3.05) is 0 Å². The number of hydrogen-bond donors (Lipinski definition) is 0. The first-order valence-corrected chi connectivity index (χ1v) is 11.2. The Labute approximate surface area is 119 Å². The van der Waals surface area contributed by atoms with Gasteiger partial charge in [-0.25, -0.2) is 0 Å². The smallest absolute Gasteiger partial charge is 0.171 e. The quantitative estimate of drug-likeness (QED) is 0.435. The van der Waals surface area contributed by atoms with Crippen molar-refractivity contribution < 1.29 is 13.2 Å². The number of hydrogen-bond acceptors (Lipinski definition) is 0. The Hall–Kier alpha value is 0.877. The van der Waals surface area contributed by atoms with Gasteiger partial charge in [-0.1, -0.05) is 0 Å². The normalized spacial score (nSPS) is 47.7. The van der Waals surface area contributed by atoms with Crippen LogP contribution >= 0.6 is 33.2 Å². The average molecular weight is 338 g/mol. The van der Waals surface area contributed by atoms with Gasteiger partial charge < -0.3 is 0 Å². The minimum atomic E-state index is -4.15. The Morgan fingerprint density at radius 3 is 1.83 bits per heavy atom. The van der Waals surface area contributed by atoms with Crippen LogP contribution in [0.25, 0.3) is 0 Å². The van der Waals surface area contributed by atoms with E-state index in [1.165, 1.54) is 0 Å². The van der Waals surface area contributed by atoms with Crippen LogP contribution in [0.1, 0.15) is 38.5 Å². The predicted octanol–water partition coefficient (Wildman–Crippen LogP) is 5.54. The highest BCUT2D eigenvalue weighted by Crippen LogP contribution is 2.76. The van der Waals surface area contributed by atoms with Crippen LogP contribution in [-0.4, -0.2) is 12.2 Å². The monoisotopic (exact) mass is 336 g/mol. The van der Waals surface area contributed by atoms with E-state index in [4.69, 9.17) is 33.2 Å². The molecule has 0 nitrogen and oxygen atoms in total. The SMILES string of the molecule is FC(F)(F)C12CC3CC(C1)CC([Si](Cl)(Cl)Cl)(C3)C2. The van der Waals surface area contributed by atoms with Gasteiger partial charge in [-0.3, -0.25) is 0 Å². The topological polar surface area (TPSA) is 0 Å². The van der Waals surface area contributed by atoms with Crippen LogP contribution in [0.3, 0.4) is 0 Å². The van der Waals surface area contributed by atoms with Crippen molar-refractivity contribution in [3.05, 3.63) is 0 Å². The van der Waals surface area contributed by atoms with E-state index in [2.05, 4.69) is 0 Å². The minimum Gasteiger partial charge on any atom is -0.171 e. The molecule has 104 valence electrons. The largest absolute Gasteiger partial charge is 0.394 e. The summed E-state index contributed by atoms with van der Waals surface area (Å²) >= 11 is 18.5. The van der Waals surface area contributed by atoms with Crippen LogP contribution in [-0.2, 0) is 0 Å². The highest BCUT2D eigenvalue weighted by molar-refractivity contribution is 7.65. The maximum Gasteiger partial charge on any atom is 0.394 e. The lowest BCUT2D eigenvalue weighted by molar-refractivity contribution is -0.271. The summed E-state index contributed by atoms with van der Waals surface area (Å²) in [5.74, 6) is 0.215. The summed E-state index contributed by atoms with van der Waals surface area (Å²) in [6, 6.07) is -3.12. The first-order valence-electron chi connectivity index (χ1n) is 6.20. The van der Waals surface area contributed by atoms with Gasteiger partial charge in [0.15, 0.2) is 0 Å². The number of halogens is 6. The van der Waals surface area contributed by atoms with Crippen molar-refractivity contribution in [3.63, 3.8) is 0 Å². The van der Waals surface area contributed by atoms with Gasteiger partial charge in [0.25, 0.3) is 0 Å². The molecule has 2 atom stereocenters. The summed E-state index contributed by atoms with van der Waals surface area (Å²) in [5.41, 5.74) is -1.56. The van der Waals surface area contributed by atoms with E-state index in [1.807, 2.05) is 0 Å². The Balaban J connectivity index is 2.03. The molecule has 4 rings (SSSR count). The molecular weight excluding hydrogens is 324 g/mol. The third-order valence-electron chi connectivity index (χ3n) is 5.26. The van der Waals surface area contributed by atoms with Gasteiger partial charge in [-0.15, -0.1) is 33.2 Å². The second-order valence-corrected chi connectivity index (χ2v) is 15.4. The molecule has 4 fully saturated rings. The van der Waals surface area contributed by atoms with E-state index in [9.17, 15) is 13.2 Å². The summed E-state index contributed by atoms with van der Waals surface area (Å²) in [7, 11) is 0. The lowest BCUT2D eigenvalue weighted by Gasteiger charge is -2.63. The van der Waals surface area contributed by atoms with Crippen molar-refractivity contribution in [2.45, 2.75) is 49.7 Å². The van der Waals surface area contributed by atoms with Gasteiger partial charge in [-0.05, 0) is 50.4 Å². The van der Waals surface area contributed by atoms with Crippen molar-refractivity contribution in [1.82, 2.24) is 0 Å². The zero-order chi connectivity index (χ0) is 13.4. The molecule has 4 aliphatic carbocycles. The molecule has 0 aromatic carbocycles. The van der Waals surface area contributed by atoms with Crippen LogP contribution in [0.15, 0.2) is 0 Å². The molecule has 4 saturated carbocycles. The summed E-state index contributed by atoms with van der Waals surface area (Å²) in [6.07, 6.45) is -1.30. The van der Waals surface area contributed by atoms with E-state index in [0.29, 0.717) is 12.8 Å². The molecule has 0 saturated heterocycles. The zero-order valence-electron chi connectivity index (χ0n) is 9.67. The third-order valence-corrected chi connectivity index (χ3v) is 10.7. The molecule has 7 heteroatoms. The first-order chi connectivity index (χ1) is 8.07. The van der Waals surface area contributed by atoms with E-state index in [-0.39, 0.29) is 31.1 Å². The van der Waals surface area contributed by atoms with Crippen LogP contribution in [0.5, 0.6) is 0 Å². The van der Waals surface area contributed by atoms with Gasteiger partial charge in [0, 0.05) is 5.04 Å². The molecule has 4 aliphatic rings. The molecule has 0 radical (unpaired) electrons. The second kappa shape index (κ2) is 3.74. The lowest BCUT2D eigenvalue weighted by atomic mass is 9.49. The molecule has 0 amide bonds. The molecule has 2 unspecified atom stereocenters. The standard InChI is InChI=1S/C11H14Cl3F3Si/c12-18(13,14)10-4-7-1-8(5-10)3-9(2-7,6-10)11(15,16)17/h7-8H,1-6H2.